The Labute approximate surface area is 134 Å². The number of likely N-dealkylation sites (N-methyl/N-ethyl adjacent to an activating group) is 1. The zero-order valence-electron chi connectivity index (χ0n) is 12.6. The number of amides is 2. The molecule has 1 aromatic heterocycles. The molecule has 2 amide bonds. The summed E-state index contributed by atoms with van der Waals surface area (Å²) < 4.78 is 0. The topological polar surface area (TPSA) is 49.4 Å². The summed E-state index contributed by atoms with van der Waals surface area (Å²) in [6.45, 7) is 0. The molecule has 0 aliphatic carbocycles. The fraction of sp³-hybridized carbons (Fsp3) is 0.176. The van der Waals surface area contributed by atoms with Crippen molar-refractivity contribution in [3.8, 4) is 0 Å². The lowest BCUT2D eigenvalue weighted by atomic mass is 10.1. The van der Waals surface area contributed by atoms with Crippen molar-refractivity contribution < 1.29 is 9.59 Å². The van der Waals surface area contributed by atoms with Gasteiger partial charge < -0.3 is 10.2 Å². The summed E-state index contributed by atoms with van der Waals surface area (Å²) in [4.78, 5) is 26.0. The second-order valence-corrected chi connectivity index (χ2v) is 5.98. The number of thiophene rings is 1. The van der Waals surface area contributed by atoms with E-state index in [0.29, 0.717) is 12.1 Å². The zero-order valence-corrected chi connectivity index (χ0v) is 13.4. The number of hydrogen-bond acceptors (Lipinski definition) is 3. The number of hydrogen-bond donors (Lipinski definition) is 1. The van der Waals surface area contributed by atoms with Crippen molar-refractivity contribution in [2.45, 2.75) is 6.42 Å². The molecule has 1 N–H and O–H groups in total. The molecule has 0 saturated carbocycles. The van der Waals surface area contributed by atoms with Gasteiger partial charge in [0.1, 0.15) is 0 Å². The molecule has 2 aromatic rings. The molecular formula is C17H18N2O2S. The van der Waals surface area contributed by atoms with Gasteiger partial charge in [-0.15, -0.1) is 11.3 Å². The fourth-order valence-electron chi connectivity index (χ4n) is 1.77. The van der Waals surface area contributed by atoms with Gasteiger partial charge in [0.05, 0.1) is 6.42 Å². The van der Waals surface area contributed by atoms with Crippen molar-refractivity contribution in [2.75, 3.05) is 19.4 Å². The van der Waals surface area contributed by atoms with Crippen LogP contribution in [0, 0.1) is 0 Å². The molecule has 0 fully saturated rings. The highest BCUT2D eigenvalue weighted by atomic mass is 32.1. The molecule has 0 aliphatic rings. The largest absolute Gasteiger partial charge is 0.349 e. The summed E-state index contributed by atoms with van der Waals surface area (Å²) in [5.41, 5.74) is 1.63. The van der Waals surface area contributed by atoms with Crippen LogP contribution in [0.5, 0.6) is 0 Å². The average Bonchev–Trinajstić information content (AvgIpc) is 3.00. The molecule has 0 bridgehead atoms. The first-order valence-corrected chi connectivity index (χ1v) is 7.74. The van der Waals surface area contributed by atoms with Crippen LogP contribution < -0.4 is 5.32 Å². The van der Waals surface area contributed by atoms with E-state index in [-0.39, 0.29) is 11.8 Å². The summed E-state index contributed by atoms with van der Waals surface area (Å²) in [6.07, 6.45) is 3.65. The SMILES string of the molecule is CN(C)C(=O)Cc1ccc(NC(=O)/C=C/c2cccs2)cc1. The lowest BCUT2D eigenvalue weighted by molar-refractivity contribution is -0.128. The van der Waals surface area contributed by atoms with E-state index >= 15 is 0 Å². The Balaban J connectivity index is 1.90. The highest BCUT2D eigenvalue weighted by molar-refractivity contribution is 7.10. The summed E-state index contributed by atoms with van der Waals surface area (Å²) in [7, 11) is 3.47. The molecule has 4 nitrogen and oxygen atoms in total. The van der Waals surface area contributed by atoms with Gasteiger partial charge in [0.2, 0.25) is 11.8 Å². The highest BCUT2D eigenvalue weighted by Crippen LogP contribution is 2.12. The van der Waals surface area contributed by atoms with E-state index in [9.17, 15) is 9.59 Å². The minimum Gasteiger partial charge on any atom is -0.349 e. The minimum atomic E-state index is -0.175. The zero-order chi connectivity index (χ0) is 15.9. The van der Waals surface area contributed by atoms with Gasteiger partial charge in [-0.2, -0.15) is 0 Å². The Morgan fingerprint density at radius 3 is 2.50 bits per heavy atom. The van der Waals surface area contributed by atoms with Crippen LogP contribution in [0.15, 0.2) is 47.9 Å². The van der Waals surface area contributed by atoms with Crippen molar-refractivity contribution in [1.82, 2.24) is 4.90 Å². The van der Waals surface area contributed by atoms with Crippen molar-refractivity contribution in [3.63, 3.8) is 0 Å². The first-order valence-electron chi connectivity index (χ1n) is 6.86. The van der Waals surface area contributed by atoms with Gasteiger partial charge in [-0.05, 0) is 35.2 Å². The fourth-order valence-corrected chi connectivity index (χ4v) is 2.38. The number of rotatable bonds is 5. The van der Waals surface area contributed by atoms with E-state index in [1.54, 1.807) is 48.5 Å². The standard InChI is InChI=1S/C17H18N2O2S/c1-19(2)17(21)12-13-5-7-14(8-6-13)18-16(20)10-9-15-4-3-11-22-15/h3-11H,12H2,1-2H3,(H,18,20)/b10-9+. The average molecular weight is 314 g/mol. The van der Waals surface area contributed by atoms with Crippen LogP contribution in [0.4, 0.5) is 5.69 Å². The molecule has 0 unspecified atom stereocenters. The third-order valence-electron chi connectivity index (χ3n) is 3.02. The number of carbonyl (C=O) groups is 2. The van der Waals surface area contributed by atoms with Crippen molar-refractivity contribution in [2.24, 2.45) is 0 Å². The van der Waals surface area contributed by atoms with Crippen LogP contribution in [-0.2, 0) is 16.0 Å². The molecule has 114 valence electrons. The maximum Gasteiger partial charge on any atom is 0.248 e. The van der Waals surface area contributed by atoms with E-state index in [2.05, 4.69) is 5.32 Å². The molecule has 0 aliphatic heterocycles. The van der Waals surface area contributed by atoms with Crippen molar-refractivity contribution in [3.05, 3.63) is 58.3 Å². The van der Waals surface area contributed by atoms with E-state index in [1.807, 2.05) is 29.6 Å². The molecule has 0 saturated heterocycles. The molecule has 0 spiro atoms. The van der Waals surface area contributed by atoms with Crippen LogP contribution in [0.3, 0.4) is 0 Å². The Kier molecular flexibility index (Phi) is 5.49. The second kappa shape index (κ2) is 7.56. The highest BCUT2D eigenvalue weighted by Gasteiger charge is 2.05. The first kappa shape index (κ1) is 16.0. The van der Waals surface area contributed by atoms with Crippen LogP contribution in [0.1, 0.15) is 10.4 Å². The molecule has 22 heavy (non-hydrogen) atoms. The molecule has 0 radical (unpaired) electrons. The maximum absolute atomic E-state index is 11.8. The Morgan fingerprint density at radius 1 is 1.18 bits per heavy atom. The van der Waals surface area contributed by atoms with Crippen molar-refractivity contribution in [1.29, 1.82) is 0 Å². The monoisotopic (exact) mass is 314 g/mol. The van der Waals surface area contributed by atoms with Crippen molar-refractivity contribution >= 4 is 34.9 Å². The van der Waals surface area contributed by atoms with Crippen LogP contribution in [-0.4, -0.2) is 30.8 Å². The van der Waals surface area contributed by atoms with E-state index < -0.39 is 0 Å². The number of anilines is 1. The smallest absolute Gasteiger partial charge is 0.248 e. The number of benzene rings is 1. The maximum atomic E-state index is 11.8. The summed E-state index contributed by atoms with van der Waals surface area (Å²) >= 11 is 1.58. The Hall–Kier alpha value is -2.40. The number of nitrogens with zero attached hydrogens (tertiary/aromatic N) is 1. The molecule has 1 heterocycles. The van der Waals surface area contributed by atoms with E-state index in [0.717, 1.165) is 10.4 Å². The lowest BCUT2D eigenvalue weighted by Gasteiger charge is -2.10. The van der Waals surface area contributed by atoms with E-state index in [1.165, 1.54) is 6.08 Å². The molecular weight excluding hydrogens is 296 g/mol. The Morgan fingerprint density at radius 2 is 1.91 bits per heavy atom. The summed E-state index contributed by atoms with van der Waals surface area (Å²) in [5, 5.41) is 4.75. The molecule has 5 heteroatoms. The predicted molar refractivity (Wildman–Crippen MR) is 90.8 cm³/mol. The lowest BCUT2D eigenvalue weighted by Crippen LogP contribution is -2.23. The third kappa shape index (κ3) is 4.86. The van der Waals surface area contributed by atoms with E-state index in [4.69, 9.17) is 0 Å². The van der Waals surface area contributed by atoms with Gasteiger partial charge in [-0.3, -0.25) is 9.59 Å². The summed E-state index contributed by atoms with van der Waals surface area (Å²) in [6, 6.07) is 11.2. The molecule has 0 atom stereocenters. The van der Waals surface area contributed by atoms with Gasteiger partial charge >= 0.3 is 0 Å². The second-order valence-electron chi connectivity index (χ2n) is 5.00. The first-order chi connectivity index (χ1) is 10.5. The normalized spacial score (nSPS) is 10.6. The van der Waals surface area contributed by atoms with Crippen LogP contribution >= 0.6 is 11.3 Å². The molecule has 2 rings (SSSR count). The minimum absolute atomic E-state index is 0.0515. The number of nitrogens with one attached hydrogen (secondary N) is 1. The molecule has 1 aromatic carbocycles. The van der Waals surface area contributed by atoms with Crippen LogP contribution in [0.25, 0.3) is 6.08 Å². The quantitative estimate of drug-likeness (QED) is 0.862. The van der Waals surface area contributed by atoms with Gasteiger partial charge in [-0.1, -0.05) is 18.2 Å². The summed E-state index contributed by atoms with van der Waals surface area (Å²) in [5.74, 6) is -0.124. The van der Waals surface area contributed by atoms with Gasteiger partial charge in [0.15, 0.2) is 0 Å². The third-order valence-corrected chi connectivity index (χ3v) is 3.86. The predicted octanol–water partition coefficient (Wildman–Crippen LogP) is 3.03. The van der Waals surface area contributed by atoms with Gasteiger partial charge in [0.25, 0.3) is 0 Å². The van der Waals surface area contributed by atoms with Gasteiger partial charge in [0, 0.05) is 30.7 Å². The number of carbonyl (C=O) groups excluding carboxylic acids is 2. The van der Waals surface area contributed by atoms with Crippen LogP contribution in [0.2, 0.25) is 0 Å². The Bertz CT molecular complexity index is 658. The van der Waals surface area contributed by atoms with Gasteiger partial charge in [-0.25, -0.2) is 0 Å².